The number of carbonyl (C=O) groups excluding carboxylic acids is 1. The van der Waals surface area contributed by atoms with Crippen LogP contribution in [0.25, 0.3) is 11.0 Å². The zero-order chi connectivity index (χ0) is 26.2. The Morgan fingerprint density at radius 2 is 1.92 bits per heavy atom. The van der Waals surface area contributed by atoms with Crippen molar-refractivity contribution < 1.29 is 12.9 Å². The second kappa shape index (κ2) is 9.90. The number of aromatic amines is 1. The highest BCUT2D eigenvalue weighted by molar-refractivity contribution is 7.79. The van der Waals surface area contributed by atoms with Crippen LogP contribution in [0.2, 0.25) is 0 Å². The molecule has 4 aromatic rings. The minimum Gasteiger partial charge on any atom is -0.337 e. The standard InChI is InChI=1S/C26H25FN8O2S/c1-2-10-33-11-9-20-23(28-22-16-21(31-32-22)17-3-4-17)29-26(30-24(20)33)35-14-12-34(13-15-35)25(36)18-5-7-19(8-6-18)38(27)37/h1,5-9,11,16-17H,3-4,10,12-15H2,(H2,28,29,30,31,32). The van der Waals surface area contributed by atoms with E-state index in [0.29, 0.717) is 61.8 Å². The van der Waals surface area contributed by atoms with Gasteiger partial charge in [-0.05, 0) is 43.2 Å². The van der Waals surface area contributed by atoms with Crippen molar-refractivity contribution >= 4 is 45.7 Å². The van der Waals surface area contributed by atoms with Gasteiger partial charge in [0.15, 0.2) is 5.82 Å². The molecule has 194 valence electrons. The first kappa shape index (κ1) is 24.1. The molecule has 1 unspecified atom stereocenters. The summed E-state index contributed by atoms with van der Waals surface area (Å²) in [4.78, 5) is 26.4. The monoisotopic (exact) mass is 532 g/mol. The summed E-state index contributed by atoms with van der Waals surface area (Å²) in [6.07, 6.45) is 9.83. The zero-order valence-electron chi connectivity index (χ0n) is 20.4. The molecule has 1 saturated heterocycles. The topological polar surface area (TPSA) is 112 Å². The molecule has 1 amide bonds. The average Bonchev–Trinajstić information content (AvgIpc) is 3.55. The molecule has 2 N–H and O–H groups in total. The van der Waals surface area contributed by atoms with Crippen LogP contribution < -0.4 is 10.2 Å². The number of hydrogen-bond donors (Lipinski definition) is 2. The van der Waals surface area contributed by atoms with Gasteiger partial charge in [-0.2, -0.15) is 15.1 Å². The third kappa shape index (κ3) is 4.72. The predicted molar refractivity (Wildman–Crippen MR) is 142 cm³/mol. The van der Waals surface area contributed by atoms with Gasteiger partial charge < -0.3 is 19.7 Å². The molecule has 2 aliphatic rings. The molecule has 12 heteroatoms. The predicted octanol–water partition coefficient (Wildman–Crippen LogP) is 3.36. The van der Waals surface area contributed by atoms with Crippen molar-refractivity contribution in [3.05, 3.63) is 53.9 Å². The number of hydrogen-bond acceptors (Lipinski definition) is 7. The summed E-state index contributed by atoms with van der Waals surface area (Å²) in [7, 11) is 0. The smallest absolute Gasteiger partial charge is 0.253 e. The lowest BCUT2D eigenvalue weighted by Gasteiger charge is -2.35. The molecule has 6 rings (SSSR count). The molecular formula is C26H25FN8O2S. The molecule has 1 atom stereocenters. The van der Waals surface area contributed by atoms with Crippen LogP contribution in [0.15, 0.2) is 47.5 Å². The van der Waals surface area contributed by atoms with E-state index in [1.54, 1.807) is 4.90 Å². The summed E-state index contributed by atoms with van der Waals surface area (Å²) < 4.78 is 25.9. The maximum Gasteiger partial charge on any atom is 0.253 e. The normalized spacial score (nSPS) is 16.4. The lowest BCUT2D eigenvalue weighted by atomic mass is 10.2. The zero-order valence-corrected chi connectivity index (χ0v) is 21.2. The van der Waals surface area contributed by atoms with Crippen molar-refractivity contribution in [2.24, 2.45) is 0 Å². The summed E-state index contributed by atoms with van der Waals surface area (Å²) in [5.41, 5.74) is 2.27. The van der Waals surface area contributed by atoms with Gasteiger partial charge in [0.25, 0.3) is 5.91 Å². The molecule has 38 heavy (non-hydrogen) atoms. The molecule has 0 spiro atoms. The minimum atomic E-state index is -2.57. The van der Waals surface area contributed by atoms with Crippen LogP contribution in [0.1, 0.15) is 34.8 Å². The van der Waals surface area contributed by atoms with Crippen LogP contribution in [0.3, 0.4) is 0 Å². The second-order valence-electron chi connectivity index (χ2n) is 9.39. The fourth-order valence-corrected chi connectivity index (χ4v) is 4.99. The second-order valence-corrected chi connectivity index (χ2v) is 10.3. The van der Waals surface area contributed by atoms with E-state index < -0.39 is 11.2 Å². The van der Waals surface area contributed by atoms with Gasteiger partial charge in [0.05, 0.1) is 16.8 Å². The summed E-state index contributed by atoms with van der Waals surface area (Å²) in [6, 6.07) is 9.70. The number of halogens is 1. The fourth-order valence-electron chi connectivity index (χ4n) is 4.64. The van der Waals surface area contributed by atoms with Gasteiger partial charge in [-0.1, -0.05) is 5.92 Å². The van der Waals surface area contributed by atoms with E-state index >= 15 is 0 Å². The number of fused-ring (bicyclic) bond motifs is 1. The quantitative estimate of drug-likeness (QED) is 0.277. The molecule has 2 fully saturated rings. The Labute approximate surface area is 221 Å². The number of H-pyrrole nitrogens is 1. The van der Waals surface area contributed by atoms with E-state index in [4.69, 9.17) is 16.4 Å². The Balaban J connectivity index is 1.22. The Hall–Kier alpha value is -4.24. The van der Waals surface area contributed by atoms with Crippen LogP contribution in [0.5, 0.6) is 0 Å². The highest BCUT2D eigenvalue weighted by Crippen LogP contribution is 2.40. The van der Waals surface area contributed by atoms with E-state index in [1.807, 2.05) is 27.8 Å². The molecule has 3 aromatic heterocycles. The van der Waals surface area contributed by atoms with Crippen LogP contribution >= 0.6 is 0 Å². The molecule has 0 radical (unpaired) electrons. The van der Waals surface area contributed by atoms with Gasteiger partial charge in [-0.3, -0.25) is 9.89 Å². The first-order valence-corrected chi connectivity index (χ1v) is 13.4. The molecule has 1 aromatic carbocycles. The number of anilines is 3. The highest BCUT2D eigenvalue weighted by Gasteiger charge is 2.27. The maximum absolute atomic E-state index is 13.0. The third-order valence-electron chi connectivity index (χ3n) is 6.87. The largest absolute Gasteiger partial charge is 0.337 e. The van der Waals surface area contributed by atoms with E-state index in [-0.39, 0.29) is 10.8 Å². The molecule has 4 heterocycles. The van der Waals surface area contributed by atoms with Crippen molar-refractivity contribution in [1.29, 1.82) is 0 Å². The van der Waals surface area contributed by atoms with Crippen molar-refractivity contribution in [2.45, 2.75) is 30.2 Å². The summed E-state index contributed by atoms with van der Waals surface area (Å²) in [6.45, 7) is 2.38. The van der Waals surface area contributed by atoms with Gasteiger partial charge in [-0.25, -0.2) is 4.21 Å². The third-order valence-corrected chi connectivity index (χ3v) is 7.51. The number of nitrogens with one attached hydrogen (secondary N) is 2. The summed E-state index contributed by atoms with van der Waals surface area (Å²) in [5.74, 6) is 4.93. The Kier molecular flexibility index (Phi) is 6.29. The molecular weight excluding hydrogens is 507 g/mol. The molecule has 1 saturated carbocycles. The molecule has 1 aliphatic heterocycles. The summed E-state index contributed by atoms with van der Waals surface area (Å²) >= 11 is -2.57. The highest BCUT2D eigenvalue weighted by atomic mass is 32.2. The fraction of sp³-hybridized carbons (Fsp3) is 0.308. The maximum atomic E-state index is 13.0. The van der Waals surface area contributed by atoms with Crippen molar-refractivity contribution in [3.63, 3.8) is 0 Å². The van der Waals surface area contributed by atoms with E-state index in [9.17, 15) is 12.9 Å². The van der Waals surface area contributed by atoms with Gasteiger partial charge >= 0.3 is 0 Å². The van der Waals surface area contributed by atoms with Gasteiger partial charge in [0.2, 0.25) is 17.1 Å². The number of terminal acetylenes is 1. The number of benzene rings is 1. The lowest BCUT2D eigenvalue weighted by molar-refractivity contribution is 0.0746. The van der Waals surface area contributed by atoms with Gasteiger partial charge in [0.1, 0.15) is 11.5 Å². The van der Waals surface area contributed by atoms with Crippen LogP contribution in [-0.2, 0) is 17.7 Å². The van der Waals surface area contributed by atoms with Gasteiger partial charge in [-0.15, -0.1) is 10.3 Å². The van der Waals surface area contributed by atoms with Crippen molar-refractivity contribution in [2.75, 3.05) is 36.4 Å². The SMILES string of the molecule is C#CCn1ccc2c(Nc3cc(C4CC4)[nH]n3)nc(N3CCN(C(=O)c4ccc(S(=O)F)cc4)CC3)nc21. The van der Waals surface area contributed by atoms with Crippen molar-refractivity contribution in [1.82, 2.24) is 29.6 Å². The van der Waals surface area contributed by atoms with Crippen molar-refractivity contribution in [3.8, 4) is 12.3 Å². The number of carbonyl (C=O) groups is 1. The van der Waals surface area contributed by atoms with Crippen LogP contribution in [0, 0.1) is 12.3 Å². The molecule has 0 bridgehead atoms. The van der Waals surface area contributed by atoms with E-state index in [2.05, 4.69) is 21.4 Å². The minimum absolute atomic E-state index is 0.0384. The van der Waals surface area contributed by atoms with Crippen LogP contribution in [-0.4, -0.2) is 65.9 Å². The Morgan fingerprint density at radius 1 is 1.16 bits per heavy atom. The number of rotatable bonds is 7. The number of piperazine rings is 1. The first-order chi connectivity index (χ1) is 18.5. The van der Waals surface area contributed by atoms with E-state index in [0.717, 1.165) is 16.7 Å². The van der Waals surface area contributed by atoms with E-state index in [1.165, 1.54) is 37.1 Å². The lowest BCUT2D eigenvalue weighted by Crippen LogP contribution is -2.49. The Morgan fingerprint density at radius 3 is 2.61 bits per heavy atom. The molecule has 1 aliphatic carbocycles. The number of amides is 1. The average molecular weight is 533 g/mol. The first-order valence-electron chi connectivity index (χ1n) is 12.3. The van der Waals surface area contributed by atoms with Gasteiger partial charge in [0, 0.05) is 55.6 Å². The number of aromatic nitrogens is 5. The summed E-state index contributed by atoms with van der Waals surface area (Å²) in [5, 5.41) is 11.7. The number of nitrogens with zero attached hydrogens (tertiary/aromatic N) is 6. The van der Waals surface area contributed by atoms with Crippen LogP contribution in [0.4, 0.5) is 21.5 Å². The Bertz CT molecular complexity index is 1560. The molecule has 10 nitrogen and oxygen atoms in total.